The second-order valence-electron chi connectivity index (χ2n) is 8.49. The van der Waals surface area contributed by atoms with E-state index in [9.17, 15) is 21.6 Å². The molecule has 180 valence electrons. The van der Waals surface area contributed by atoms with Crippen LogP contribution in [0, 0.1) is 5.92 Å². The first-order valence-corrected chi connectivity index (χ1v) is 14.1. The van der Waals surface area contributed by atoms with Crippen LogP contribution in [0.2, 0.25) is 0 Å². The topological polar surface area (TPSA) is 110 Å². The fraction of sp³-hybridized carbons (Fsp3) is 0.435. The molecule has 1 atom stereocenters. The van der Waals surface area contributed by atoms with Crippen molar-refractivity contribution in [2.45, 2.75) is 42.5 Å². The predicted octanol–water partition coefficient (Wildman–Crippen LogP) is 3.01. The third-order valence-corrected chi connectivity index (χ3v) is 8.97. The molecule has 1 N–H and O–H groups in total. The number of methoxy groups -OCH3 is 1. The van der Waals surface area contributed by atoms with Gasteiger partial charge in [-0.1, -0.05) is 19.1 Å². The second-order valence-corrected chi connectivity index (χ2v) is 12.4. The maximum absolute atomic E-state index is 13.1. The van der Waals surface area contributed by atoms with Gasteiger partial charge in [0.25, 0.3) is 5.91 Å². The fourth-order valence-electron chi connectivity index (χ4n) is 3.76. The van der Waals surface area contributed by atoms with Gasteiger partial charge in [-0.15, -0.1) is 0 Å². The molecule has 0 spiro atoms. The highest BCUT2D eigenvalue weighted by molar-refractivity contribution is 7.90. The lowest BCUT2D eigenvalue weighted by Gasteiger charge is -2.29. The molecule has 1 saturated heterocycles. The number of ether oxygens (including phenoxy) is 1. The van der Waals surface area contributed by atoms with Crippen molar-refractivity contribution in [2.75, 3.05) is 26.5 Å². The Morgan fingerprint density at radius 1 is 1.03 bits per heavy atom. The van der Waals surface area contributed by atoms with Gasteiger partial charge in [0.05, 0.1) is 28.5 Å². The van der Waals surface area contributed by atoms with Crippen LogP contribution in [-0.4, -0.2) is 53.5 Å². The van der Waals surface area contributed by atoms with Crippen LogP contribution in [0.3, 0.4) is 0 Å². The van der Waals surface area contributed by atoms with E-state index in [-0.39, 0.29) is 21.1 Å². The molecule has 10 heteroatoms. The van der Waals surface area contributed by atoms with E-state index in [2.05, 4.69) is 12.2 Å². The molecule has 0 aliphatic carbocycles. The smallest absolute Gasteiger partial charge is 0.255 e. The van der Waals surface area contributed by atoms with E-state index in [1.165, 1.54) is 41.7 Å². The predicted molar refractivity (Wildman–Crippen MR) is 126 cm³/mol. The molecule has 2 aromatic carbocycles. The van der Waals surface area contributed by atoms with Gasteiger partial charge in [-0.25, -0.2) is 16.8 Å². The minimum absolute atomic E-state index is 0.0492. The summed E-state index contributed by atoms with van der Waals surface area (Å²) in [4.78, 5) is 13.3. The van der Waals surface area contributed by atoms with Gasteiger partial charge in [0, 0.05) is 19.3 Å². The van der Waals surface area contributed by atoms with Crippen molar-refractivity contribution < 1.29 is 26.4 Å². The lowest BCUT2D eigenvalue weighted by molar-refractivity contribution is 0.0936. The zero-order valence-corrected chi connectivity index (χ0v) is 20.9. The standard InChI is InChI=1S/C23H30N2O6S2/c1-16-11-13-25(14-12-16)33(29,30)20-9-10-22(31-3)21(15-20)23(26)24-17(2)18-5-7-19(8-6-18)32(4,27)28/h5-10,15-17H,11-14H2,1-4H3,(H,24,26)/t17-/m0/s1. The van der Waals surface area contributed by atoms with E-state index in [1.807, 2.05) is 0 Å². The summed E-state index contributed by atoms with van der Waals surface area (Å²) < 4.78 is 56.3. The number of carbonyl (C=O) groups is 1. The number of rotatable bonds is 7. The number of hydrogen-bond donors (Lipinski definition) is 1. The molecule has 0 aromatic heterocycles. The summed E-state index contributed by atoms with van der Waals surface area (Å²) in [5, 5.41) is 2.83. The number of hydrogen-bond acceptors (Lipinski definition) is 6. The second kappa shape index (κ2) is 9.82. The van der Waals surface area contributed by atoms with Gasteiger partial charge in [-0.05, 0) is 61.6 Å². The van der Waals surface area contributed by atoms with Crippen molar-refractivity contribution >= 4 is 25.8 Å². The quantitative estimate of drug-likeness (QED) is 0.634. The van der Waals surface area contributed by atoms with Crippen molar-refractivity contribution in [1.82, 2.24) is 9.62 Å². The van der Waals surface area contributed by atoms with E-state index in [1.54, 1.807) is 19.1 Å². The summed E-state index contributed by atoms with van der Waals surface area (Å²) in [5.74, 6) is 0.260. The number of piperidine rings is 1. The van der Waals surface area contributed by atoms with Crippen LogP contribution in [-0.2, 0) is 19.9 Å². The Balaban J connectivity index is 1.83. The minimum Gasteiger partial charge on any atom is -0.496 e. The molecular weight excluding hydrogens is 464 g/mol. The first kappa shape index (κ1) is 25.2. The fourth-order valence-corrected chi connectivity index (χ4v) is 5.89. The van der Waals surface area contributed by atoms with E-state index in [0.29, 0.717) is 24.6 Å². The largest absolute Gasteiger partial charge is 0.496 e. The van der Waals surface area contributed by atoms with Gasteiger partial charge in [-0.3, -0.25) is 4.79 Å². The van der Waals surface area contributed by atoms with E-state index >= 15 is 0 Å². The lowest BCUT2D eigenvalue weighted by atomic mass is 10.0. The normalized spacial score (nSPS) is 16.8. The van der Waals surface area contributed by atoms with Gasteiger partial charge in [0.15, 0.2) is 9.84 Å². The molecular formula is C23H30N2O6S2. The number of amides is 1. The molecule has 1 amide bonds. The molecule has 1 heterocycles. The Bertz CT molecular complexity index is 1220. The third kappa shape index (κ3) is 5.74. The molecule has 0 unspecified atom stereocenters. The number of sulfonamides is 1. The van der Waals surface area contributed by atoms with E-state index in [0.717, 1.165) is 19.1 Å². The van der Waals surface area contributed by atoms with Crippen molar-refractivity contribution in [3.8, 4) is 5.75 Å². The molecule has 0 saturated carbocycles. The van der Waals surface area contributed by atoms with Crippen LogP contribution in [0.5, 0.6) is 5.75 Å². The molecule has 33 heavy (non-hydrogen) atoms. The molecule has 1 fully saturated rings. The Morgan fingerprint density at radius 3 is 2.15 bits per heavy atom. The van der Waals surface area contributed by atoms with E-state index < -0.39 is 31.8 Å². The molecule has 8 nitrogen and oxygen atoms in total. The first-order valence-electron chi connectivity index (χ1n) is 10.7. The van der Waals surface area contributed by atoms with Crippen LogP contribution in [0.1, 0.15) is 48.7 Å². The van der Waals surface area contributed by atoms with Crippen LogP contribution >= 0.6 is 0 Å². The van der Waals surface area contributed by atoms with Crippen LogP contribution in [0.25, 0.3) is 0 Å². The average Bonchev–Trinajstić information content (AvgIpc) is 2.78. The summed E-state index contributed by atoms with van der Waals surface area (Å²) >= 11 is 0. The maximum atomic E-state index is 13.1. The average molecular weight is 495 g/mol. The van der Waals surface area contributed by atoms with Crippen LogP contribution in [0.4, 0.5) is 0 Å². The van der Waals surface area contributed by atoms with Gasteiger partial charge in [0.2, 0.25) is 10.0 Å². The number of nitrogens with zero attached hydrogens (tertiary/aromatic N) is 1. The molecule has 1 aliphatic heterocycles. The zero-order chi connectivity index (χ0) is 24.4. The first-order chi connectivity index (χ1) is 15.4. The van der Waals surface area contributed by atoms with Crippen LogP contribution < -0.4 is 10.1 Å². The summed E-state index contributed by atoms with van der Waals surface area (Å²) in [6.45, 7) is 4.78. The number of carbonyl (C=O) groups excluding carboxylic acids is 1. The molecule has 2 aromatic rings. The van der Waals surface area contributed by atoms with Gasteiger partial charge >= 0.3 is 0 Å². The van der Waals surface area contributed by atoms with Crippen molar-refractivity contribution in [3.63, 3.8) is 0 Å². The highest BCUT2D eigenvalue weighted by atomic mass is 32.2. The SMILES string of the molecule is COc1ccc(S(=O)(=O)N2CCC(C)CC2)cc1C(=O)N[C@@H](C)c1ccc(S(C)(=O)=O)cc1. The zero-order valence-electron chi connectivity index (χ0n) is 19.2. The number of benzene rings is 2. The Morgan fingerprint density at radius 2 is 1.61 bits per heavy atom. The molecule has 1 aliphatic rings. The summed E-state index contributed by atoms with van der Waals surface area (Å²) in [5.41, 5.74) is 0.824. The van der Waals surface area contributed by atoms with Crippen molar-refractivity contribution in [1.29, 1.82) is 0 Å². The minimum atomic E-state index is -3.72. The van der Waals surface area contributed by atoms with Gasteiger partial charge in [0.1, 0.15) is 5.75 Å². The molecule has 3 rings (SSSR count). The lowest BCUT2D eigenvalue weighted by Crippen LogP contribution is -2.38. The van der Waals surface area contributed by atoms with Gasteiger partial charge in [-0.2, -0.15) is 4.31 Å². The summed E-state index contributed by atoms with van der Waals surface area (Å²) in [6, 6.07) is 10.1. The van der Waals surface area contributed by atoms with Crippen LogP contribution in [0.15, 0.2) is 52.3 Å². The Kier molecular flexibility index (Phi) is 7.50. The highest BCUT2D eigenvalue weighted by Crippen LogP contribution is 2.28. The Labute approximate surface area is 195 Å². The maximum Gasteiger partial charge on any atom is 0.255 e. The van der Waals surface area contributed by atoms with Crippen molar-refractivity contribution in [2.24, 2.45) is 5.92 Å². The van der Waals surface area contributed by atoms with Crippen molar-refractivity contribution in [3.05, 3.63) is 53.6 Å². The molecule has 0 bridgehead atoms. The summed E-state index contributed by atoms with van der Waals surface area (Å²) in [6.07, 6.45) is 2.74. The Hall–Kier alpha value is -2.43. The number of nitrogens with one attached hydrogen (secondary N) is 1. The van der Waals surface area contributed by atoms with E-state index in [4.69, 9.17) is 4.74 Å². The number of sulfone groups is 1. The molecule has 0 radical (unpaired) electrons. The summed E-state index contributed by atoms with van der Waals surface area (Å²) in [7, 11) is -5.63. The van der Waals surface area contributed by atoms with Gasteiger partial charge < -0.3 is 10.1 Å². The third-order valence-electron chi connectivity index (χ3n) is 5.95. The monoisotopic (exact) mass is 494 g/mol. The highest BCUT2D eigenvalue weighted by Gasteiger charge is 2.29.